The molecule has 0 unspecified atom stereocenters. The van der Waals surface area contributed by atoms with Gasteiger partial charge in [-0.3, -0.25) is 4.90 Å². The van der Waals surface area contributed by atoms with Crippen LogP contribution in [0, 0.1) is 5.82 Å². The zero-order valence-electron chi connectivity index (χ0n) is 9.30. The highest BCUT2D eigenvalue weighted by Gasteiger charge is 2.13. The molecular weight excluding hydrogens is 189 g/mol. The summed E-state index contributed by atoms with van der Waals surface area (Å²) in [5.74, 6) is -0.0564. The third-order valence-electron chi connectivity index (χ3n) is 3.11. The van der Waals surface area contributed by atoms with Gasteiger partial charge in [-0.15, -0.1) is 0 Å². The quantitative estimate of drug-likeness (QED) is 0.736. The number of likely N-dealkylation sites (tertiary alicyclic amines) is 1. The zero-order chi connectivity index (χ0) is 10.7. The average Bonchev–Trinajstić information content (AvgIpc) is 2.74. The second kappa shape index (κ2) is 4.75. The van der Waals surface area contributed by atoms with Crippen molar-refractivity contribution in [3.63, 3.8) is 0 Å². The molecule has 0 aliphatic carbocycles. The van der Waals surface area contributed by atoms with Crippen LogP contribution in [0.5, 0.6) is 0 Å². The van der Waals surface area contributed by atoms with Gasteiger partial charge in [0, 0.05) is 12.1 Å². The smallest absolute Gasteiger partial charge is 0.127 e. The number of aryl methyl sites for hydroxylation is 1. The van der Waals surface area contributed by atoms with Gasteiger partial charge in [-0.1, -0.05) is 19.1 Å². The van der Waals surface area contributed by atoms with Gasteiger partial charge < -0.3 is 0 Å². The van der Waals surface area contributed by atoms with Crippen LogP contribution in [0.15, 0.2) is 18.2 Å². The molecule has 1 aliphatic rings. The lowest BCUT2D eigenvalue weighted by Crippen LogP contribution is -2.19. The van der Waals surface area contributed by atoms with Gasteiger partial charge in [-0.25, -0.2) is 4.39 Å². The Morgan fingerprint density at radius 2 is 2.00 bits per heavy atom. The lowest BCUT2D eigenvalue weighted by atomic mass is 10.1. The fourth-order valence-electron chi connectivity index (χ4n) is 2.15. The van der Waals surface area contributed by atoms with E-state index < -0.39 is 0 Å². The van der Waals surface area contributed by atoms with E-state index in [2.05, 4.69) is 11.8 Å². The van der Waals surface area contributed by atoms with E-state index in [4.69, 9.17) is 0 Å². The molecule has 0 bridgehead atoms. The van der Waals surface area contributed by atoms with Crippen LogP contribution in [0.3, 0.4) is 0 Å². The van der Waals surface area contributed by atoms with Gasteiger partial charge in [0.2, 0.25) is 0 Å². The van der Waals surface area contributed by atoms with Crippen LogP contribution >= 0.6 is 0 Å². The molecule has 1 aliphatic heterocycles. The molecule has 1 saturated heterocycles. The Bertz CT molecular complexity index is 329. The van der Waals surface area contributed by atoms with E-state index in [1.807, 2.05) is 12.1 Å². The molecule has 0 radical (unpaired) electrons. The number of rotatable bonds is 3. The van der Waals surface area contributed by atoms with E-state index in [0.29, 0.717) is 0 Å². The summed E-state index contributed by atoms with van der Waals surface area (Å²) in [6.07, 6.45) is 3.50. The molecule has 82 valence electrons. The lowest BCUT2D eigenvalue weighted by molar-refractivity contribution is 0.325. The van der Waals surface area contributed by atoms with Crippen LogP contribution in [0.25, 0.3) is 0 Å². The Kier molecular flexibility index (Phi) is 3.37. The van der Waals surface area contributed by atoms with Crippen LogP contribution in [0.2, 0.25) is 0 Å². The average molecular weight is 207 g/mol. The van der Waals surface area contributed by atoms with E-state index in [-0.39, 0.29) is 5.82 Å². The Morgan fingerprint density at radius 1 is 1.27 bits per heavy atom. The van der Waals surface area contributed by atoms with Gasteiger partial charge in [0.05, 0.1) is 0 Å². The maximum atomic E-state index is 13.5. The molecule has 1 aromatic rings. The number of hydrogen-bond donors (Lipinski definition) is 0. The first-order valence-corrected chi connectivity index (χ1v) is 5.79. The van der Waals surface area contributed by atoms with Crippen LogP contribution < -0.4 is 0 Å². The molecule has 1 fully saturated rings. The van der Waals surface area contributed by atoms with Crippen LogP contribution in [-0.4, -0.2) is 18.0 Å². The van der Waals surface area contributed by atoms with Crippen molar-refractivity contribution in [2.45, 2.75) is 32.7 Å². The van der Waals surface area contributed by atoms with Crippen LogP contribution in [0.4, 0.5) is 4.39 Å². The normalized spacial score (nSPS) is 17.2. The summed E-state index contributed by atoms with van der Waals surface area (Å²) in [6.45, 7) is 5.12. The Morgan fingerprint density at radius 3 is 2.67 bits per heavy atom. The highest BCUT2D eigenvalue weighted by Crippen LogP contribution is 2.16. The van der Waals surface area contributed by atoms with E-state index in [0.717, 1.165) is 31.6 Å². The summed E-state index contributed by atoms with van der Waals surface area (Å²) in [5.41, 5.74) is 2.09. The number of hydrogen-bond acceptors (Lipinski definition) is 1. The third kappa shape index (κ3) is 2.57. The summed E-state index contributed by atoms with van der Waals surface area (Å²) in [5, 5.41) is 0. The maximum absolute atomic E-state index is 13.5. The molecule has 0 saturated carbocycles. The minimum Gasteiger partial charge on any atom is -0.299 e. The monoisotopic (exact) mass is 207 g/mol. The minimum atomic E-state index is -0.0564. The summed E-state index contributed by atoms with van der Waals surface area (Å²) < 4.78 is 13.5. The van der Waals surface area contributed by atoms with Crippen molar-refractivity contribution in [3.05, 3.63) is 35.1 Å². The predicted octanol–water partition coefficient (Wildman–Crippen LogP) is 2.98. The molecule has 1 nitrogen and oxygen atoms in total. The number of benzene rings is 1. The van der Waals surface area contributed by atoms with Gasteiger partial charge in [-0.05, 0) is 44.0 Å². The molecule has 0 amide bonds. The highest BCUT2D eigenvalue weighted by atomic mass is 19.1. The molecule has 0 spiro atoms. The first kappa shape index (κ1) is 10.6. The molecule has 2 heteroatoms. The Hall–Kier alpha value is -0.890. The summed E-state index contributed by atoms with van der Waals surface area (Å²) >= 11 is 0. The predicted molar refractivity (Wildman–Crippen MR) is 60.3 cm³/mol. The van der Waals surface area contributed by atoms with Crippen molar-refractivity contribution in [3.8, 4) is 0 Å². The van der Waals surface area contributed by atoms with E-state index in [1.54, 1.807) is 6.07 Å². The van der Waals surface area contributed by atoms with Gasteiger partial charge in [0.15, 0.2) is 0 Å². The third-order valence-corrected chi connectivity index (χ3v) is 3.11. The second-order valence-corrected chi connectivity index (χ2v) is 4.26. The van der Waals surface area contributed by atoms with Crippen molar-refractivity contribution >= 4 is 0 Å². The first-order chi connectivity index (χ1) is 7.29. The van der Waals surface area contributed by atoms with E-state index in [1.165, 1.54) is 18.4 Å². The molecule has 0 N–H and O–H groups in total. The maximum Gasteiger partial charge on any atom is 0.127 e. The van der Waals surface area contributed by atoms with Gasteiger partial charge >= 0.3 is 0 Å². The van der Waals surface area contributed by atoms with Crippen molar-refractivity contribution < 1.29 is 4.39 Å². The minimum absolute atomic E-state index is 0.0564. The molecule has 1 heterocycles. The topological polar surface area (TPSA) is 3.24 Å². The number of halogens is 1. The second-order valence-electron chi connectivity index (χ2n) is 4.26. The number of nitrogens with zero attached hydrogens (tertiary/aromatic N) is 1. The Balaban J connectivity index is 2.11. The molecular formula is C13H18FN. The molecule has 0 atom stereocenters. The van der Waals surface area contributed by atoms with Gasteiger partial charge in [0.1, 0.15) is 5.82 Å². The SMILES string of the molecule is CCc1ccc(F)c(CN2CCCC2)c1. The molecule has 2 rings (SSSR count). The van der Waals surface area contributed by atoms with E-state index >= 15 is 0 Å². The van der Waals surface area contributed by atoms with Crippen molar-refractivity contribution in [1.82, 2.24) is 4.90 Å². The standard InChI is InChI=1S/C13H18FN/c1-2-11-5-6-13(14)12(9-11)10-15-7-3-4-8-15/h5-6,9H,2-4,7-8,10H2,1H3. The Labute approximate surface area is 90.9 Å². The van der Waals surface area contributed by atoms with Gasteiger partial charge in [-0.2, -0.15) is 0 Å². The summed E-state index contributed by atoms with van der Waals surface area (Å²) in [6, 6.07) is 5.49. The van der Waals surface area contributed by atoms with Gasteiger partial charge in [0.25, 0.3) is 0 Å². The molecule has 15 heavy (non-hydrogen) atoms. The first-order valence-electron chi connectivity index (χ1n) is 5.79. The van der Waals surface area contributed by atoms with Crippen molar-refractivity contribution in [2.24, 2.45) is 0 Å². The summed E-state index contributed by atoms with van der Waals surface area (Å²) in [4.78, 5) is 2.33. The fourth-order valence-corrected chi connectivity index (χ4v) is 2.15. The fraction of sp³-hybridized carbons (Fsp3) is 0.538. The largest absolute Gasteiger partial charge is 0.299 e. The summed E-state index contributed by atoms with van der Waals surface area (Å²) in [7, 11) is 0. The molecule has 1 aromatic carbocycles. The lowest BCUT2D eigenvalue weighted by Gasteiger charge is -2.15. The molecule has 0 aromatic heterocycles. The van der Waals surface area contributed by atoms with E-state index in [9.17, 15) is 4.39 Å². The van der Waals surface area contributed by atoms with Crippen LogP contribution in [0.1, 0.15) is 30.9 Å². The zero-order valence-corrected chi connectivity index (χ0v) is 9.30. The van der Waals surface area contributed by atoms with Crippen molar-refractivity contribution in [2.75, 3.05) is 13.1 Å². The highest BCUT2D eigenvalue weighted by molar-refractivity contribution is 5.25. The van der Waals surface area contributed by atoms with Crippen LogP contribution in [-0.2, 0) is 13.0 Å². The van der Waals surface area contributed by atoms with Crippen molar-refractivity contribution in [1.29, 1.82) is 0 Å².